The van der Waals surface area contributed by atoms with Crippen LogP contribution >= 0.6 is 0 Å². The van der Waals surface area contributed by atoms with Gasteiger partial charge in [0.15, 0.2) is 0 Å². The molecule has 1 aliphatic heterocycles. The molecule has 0 spiro atoms. The van der Waals surface area contributed by atoms with Crippen molar-refractivity contribution in [1.82, 2.24) is 14.5 Å². The van der Waals surface area contributed by atoms with Gasteiger partial charge in [0, 0.05) is 30.4 Å². The normalized spacial score (nSPS) is 14.6. The van der Waals surface area contributed by atoms with Gasteiger partial charge in [-0.1, -0.05) is 6.07 Å². The molecule has 1 amide bonds. The summed E-state index contributed by atoms with van der Waals surface area (Å²) in [7, 11) is -0.827. The second kappa shape index (κ2) is 9.61. The second-order valence-corrected chi connectivity index (χ2v) is 9.14. The molecule has 33 heavy (non-hydrogen) atoms. The first kappa shape index (κ1) is 22.8. The Kier molecular flexibility index (Phi) is 6.63. The Hall–Kier alpha value is -3.41. The Morgan fingerprint density at radius 2 is 1.88 bits per heavy atom. The third kappa shape index (κ3) is 4.85. The van der Waals surface area contributed by atoms with Crippen molar-refractivity contribution in [2.75, 3.05) is 45.8 Å². The molecule has 2 aromatic carbocycles. The number of amides is 1. The highest BCUT2D eigenvalue weighted by atomic mass is 32.2. The number of rotatable bonds is 7. The van der Waals surface area contributed by atoms with Crippen molar-refractivity contribution in [2.24, 2.45) is 0 Å². The van der Waals surface area contributed by atoms with Crippen molar-refractivity contribution in [3.63, 3.8) is 0 Å². The van der Waals surface area contributed by atoms with E-state index in [0.29, 0.717) is 35.9 Å². The van der Waals surface area contributed by atoms with Gasteiger partial charge < -0.3 is 19.5 Å². The van der Waals surface area contributed by atoms with Crippen LogP contribution in [0.5, 0.6) is 11.5 Å². The van der Waals surface area contributed by atoms with Crippen LogP contribution in [0.1, 0.15) is 10.5 Å². The number of anilines is 1. The van der Waals surface area contributed by atoms with Crippen LogP contribution in [0.4, 0.5) is 5.69 Å². The lowest BCUT2D eigenvalue weighted by molar-refractivity contribution is 0.0729. The highest BCUT2D eigenvalue weighted by Gasteiger charge is 2.30. The van der Waals surface area contributed by atoms with Crippen LogP contribution in [0.3, 0.4) is 0 Å². The predicted octanol–water partition coefficient (Wildman–Crippen LogP) is 2.37. The molecular formula is C22H24N4O6S. The quantitative estimate of drug-likeness (QED) is 0.541. The van der Waals surface area contributed by atoms with Gasteiger partial charge >= 0.3 is 0 Å². The van der Waals surface area contributed by atoms with Crippen molar-refractivity contribution < 1.29 is 27.4 Å². The van der Waals surface area contributed by atoms with Crippen molar-refractivity contribution >= 4 is 21.6 Å². The zero-order valence-corrected chi connectivity index (χ0v) is 19.0. The minimum Gasteiger partial charge on any atom is -0.497 e. The summed E-state index contributed by atoms with van der Waals surface area (Å²) in [5.74, 6) is 0.457. The lowest BCUT2D eigenvalue weighted by atomic mass is 10.1. The summed E-state index contributed by atoms with van der Waals surface area (Å²) in [5.41, 5.74) is 1.74. The molecule has 2 N–H and O–H groups in total. The number of hydrogen-bond donors (Lipinski definition) is 2. The van der Waals surface area contributed by atoms with E-state index in [9.17, 15) is 13.2 Å². The van der Waals surface area contributed by atoms with Crippen molar-refractivity contribution in [3.05, 3.63) is 54.2 Å². The van der Waals surface area contributed by atoms with Crippen LogP contribution in [-0.4, -0.2) is 69.4 Å². The molecule has 0 saturated carbocycles. The molecular weight excluding hydrogens is 448 g/mol. The summed E-state index contributed by atoms with van der Waals surface area (Å²) in [6.45, 7) is 1.22. The number of aromatic amines is 1. The molecule has 4 rings (SSSR count). The monoisotopic (exact) mass is 472 g/mol. The largest absolute Gasteiger partial charge is 0.497 e. The SMILES string of the molecule is COc1cccc(NC(=O)c2cc(-c3ccc(OC)c(S(=O)(=O)N4CCOCC4)c3)n[nH]2)c1. The minimum atomic E-state index is -3.79. The number of aromatic nitrogens is 2. The lowest BCUT2D eigenvalue weighted by Gasteiger charge is -2.26. The van der Waals surface area contributed by atoms with Crippen molar-refractivity contribution in [1.29, 1.82) is 0 Å². The minimum absolute atomic E-state index is 0.0368. The van der Waals surface area contributed by atoms with Crippen LogP contribution in [-0.2, 0) is 14.8 Å². The van der Waals surface area contributed by atoms with Gasteiger partial charge in [-0.25, -0.2) is 8.42 Å². The Balaban J connectivity index is 1.60. The molecule has 1 aliphatic rings. The van der Waals surface area contributed by atoms with Gasteiger partial charge in [-0.2, -0.15) is 9.40 Å². The molecule has 1 fully saturated rings. The highest BCUT2D eigenvalue weighted by Crippen LogP contribution is 2.32. The van der Waals surface area contributed by atoms with E-state index >= 15 is 0 Å². The maximum atomic E-state index is 13.2. The number of benzene rings is 2. The molecule has 3 aromatic rings. The third-order valence-electron chi connectivity index (χ3n) is 5.20. The van der Waals surface area contributed by atoms with Gasteiger partial charge in [0.1, 0.15) is 22.1 Å². The fourth-order valence-electron chi connectivity index (χ4n) is 3.45. The van der Waals surface area contributed by atoms with E-state index in [-0.39, 0.29) is 29.4 Å². The number of carbonyl (C=O) groups is 1. The van der Waals surface area contributed by atoms with Crippen LogP contribution in [0.15, 0.2) is 53.4 Å². The standard InChI is InChI=1S/C22H24N4O6S/c1-30-17-5-3-4-16(13-17)23-22(27)19-14-18(24-25-19)15-6-7-20(31-2)21(12-15)33(28,29)26-8-10-32-11-9-26/h3-7,12-14H,8-11H2,1-2H3,(H,23,27)(H,24,25). The summed E-state index contributed by atoms with van der Waals surface area (Å²) in [5, 5.41) is 9.67. The first-order valence-electron chi connectivity index (χ1n) is 10.2. The Bertz CT molecular complexity index is 1250. The van der Waals surface area contributed by atoms with Crippen LogP contribution in [0, 0.1) is 0 Å². The Labute approximate surface area is 191 Å². The summed E-state index contributed by atoms with van der Waals surface area (Å²) in [4.78, 5) is 12.7. The third-order valence-corrected chi connectivity index (χ3v) is 7.12. The highest BCUT2D eigenvalue weighted by molar-refractivity contribution is 7.89. The molecule has 11 heteroatoms. The zero-order chi connectivity index (χ0) is 23.4. The molecule has 0 aliphatic carbocycles. The summed E-state index contributed by atoms with van der Waals surface area (Å²) < 4.78 is 43.5. The first-order chi connectivity index (χ1) is 15.9. The molecule has 174 valence electrons. The average Bonchev–Trinajstić information content (AvgIpc) is 3.35. The number of ether oxygens (including phenoxy) is 3. The molecule has 1 aromatic heterocycles. The maximum Gasteiger partial charge on any atom is 0.273 e. The number of H-pyrrole nitrogens is 1. The van der Waals surface area contributed by atoms with E-state index in [1.165, 1.54) is 17.5 Å². The van der Waals surface area contributed by atoms with E-state index < -0.39 is 15.9 Å². The van der Waals surface area contributed by atoms with Crippen LogP contribution in [0.25, 0.3) is 11.3 Å². The molecule has 0 bridgehead atoms. The van der Waals surface area contributed by atoms with Gasteiger partial charge in [-0.15, -0.1) is 0 Å². The van der Waals surface area contributed by atoms with E-state index in [1.54, 1.807) is 49.6 Å². The smallest absolute Gasteiger partial charge is 0.273 e. The summed E-state index contributed by atoms with van der Waals surface area (Å²) in [6.07, 6.45) is 0. The van der Waals surface area contributed by atoms with Crippen molar-refractivity contribution in [3.8, 4) is 22.8 Å². The van der Waals surface area contributed by atoms with Crippen molar-refractivity contribution in [2.45, 2.75) is 4.90 Å². The van der Waals surface area contributed by atoms with Crippen LogP contribution in [0.2, 0.25) is 0 Å². The molecule has 10 nitrogen and oxygen atoms in total. The van der Waals surface area contributed by atoms with Gasteiger partial charge in [-0.05, 0) is 36.4 Å². The number of hydrogen-bond acceptors (Lipinski definition) is 7. The number of carbonyl (C=O) groups excluding carboxylic acids is 1. The Morgan fingerprint density at radius 3 is 2.61 bits per heavy atom. The zero-order valence-electron chi connectivity index (χ0n) is 18.2. The number of nitrogens with zero attached hydrogens (tertiary/aromatic N) is 2. The molecule has 0 radical (unpaired) electrons. The number of morpholine rings is 1. The van der Waals surface area contributed by atoms with E-state index in [4.69, 9.17) is 14.2 Å². The van der Waals surface area contributed by atoms with Gasteiger partial charge in [-0.3, -0.25) is 9.89 Å². The lowest BCUT2D eigenvalue weighted by Crippen LogP contribution is -2.40. The molecule has 1 saturated heterocycles. The topological polar surface area (TPSA) is 123 Å². The van der Waals surface area contributed by atoms with E-state index in [1.807, 2.05) is 0 Å². The summed E-state index contributed by atoms with van der Waals surface area (Å²) in [6, 6.07) is 13.3. The first-order valence-corrected chi connectivity index (χ1v) is 11.6. The number of nitrogens with one attached hydrogen (secondary N) is 2. The maximum absolute atomic E-state index is 13.2. The van der Waals surface area contributed by atoms with Gasteiger partial charge in [0.2, 0.25) is 10.0 Å². The van der Waals surface area contributed by atoms with Gasteiger partial charge in [0.25, 0.3) is 5.91 Å². The number of methoxy groups -OCH3 is 2. The predicted molar refractivity (Wildman–Crippen MR) is 121 cm³/mol. The van der Waals surface area contributed by atoms with E-state index in [0.717, 1.165) is 0 Å². The fraction of sp³-hybridized carbons (Fsp3) is 0.273. The number of sulfonamides is 1. The van der Waals surface area contributed by atoms with Gasteiger partial charge in [0.05, 0.1) is 33.1 Å². The summed E-state index contributed by atoms with van der Waals surface area (Å²) >= 11 is 0. The second-order valence-electron chi connectivity index (χ2n) is 7.24. The fourth-order valence-corrected chi connectivity index (χ4v) is 5.04. The van der Waals surface area contributed by atoms with E-state index in [2.05, 4.69) is 15.5 Å². The molecule has 0 atom stereocenters. The molecule has 2 heterocycles. The Morgan fingerprint density at radius 1 is 1.09 bits per heavy atom. The van der Waals surface area contributed by atoms with Crippen LogP contribution < -0.4 is 14.8 Å². The average molecular weight is 473 g/mol. The molecule has 0 unspecified atom stereocenters.